The number of hydrogen-bond acceptors (Lipinski definition) is 8. The van der Waals surface area contributed by atoms with E-state index in [1.54, 1.807) is 6.92 Å². The van der Waals surface area contributed by atoms with Crippen LogP contribution in [0.3, 0.4) is 0 Å². The van der Waals surface area contributed by atoms with Crippen molar-refractivity contribution in [1.29, 1.82) is 0 Å². The van der Waals surface area contributed by atoms with Crippen molar-refractivity contribution in [2.75, 3.05) is 25.5 Å². The second-order valence-corrected chi connectivity index (χ2v) is 7.76. The number of fused-ring (bicyclic) bond motifs is 1. The predicted molar refractivity (Wildman–Crippen MR) is 103 cm³/mol. The quantitative estimate of drug-likeness (QED) is 0.530. The number of nitrogens with zero attached hydrogens (tertiary/aromatic N) is 1. The zero-order chi connectivity index (χ0) is 19.1. The molecule has 144 valence electrons. The van der Waals surface area contributed by atoms with Gasteiger partial charge in [0.1, 0.15) is 12.7 Å². The van der Waals surface area contributed by atoms with E-state index in [-0.39, 0.29) is 30.2 Å². The highest BCUT2D eigenvalue weighted by molar-refractivity contribution is 8.01. The van der Waals surface area contributed by atoms with Gasteiger partial charge in [0.2, 0.25) is 5.91 Å². The number of carbonyl (C=O) groups is 2. The van der Waals surface area contributed by atoms with Crippen LogP contribution in [0.15, 0.2) is 34.0 Å². The number of hydrogen-bond donors (Lipinski definition) is 1. The summed E-state index contributed by atoms with van der Waals surface area (Å²) in [4.78, 5) is 27.8. The molecule has 0 radical (unpaired) electrons. The third-order valence-corrected chi connectivity index (χ3v) is 5.65. The maximum Gasteiger partial charge on any atom is 0.311 e. The van der Waals surface area contributed by atoms with Crippen molar-refractivity contribution in [3.63, 3.8) is 0 Å². The van der Waals surface area contributed by atoms with Crippen molar-refractivity contribution in [3.8, 4) is 11.5 Å². The minimum absolute atomic E-state index is 0.107. The van der Waals surface area contributed by atoms with Crippen molar-refractivity contribution in [2.45, 2.75) is 23.8 Å². The maximum absolute atomic E-state index is 12.0. The molecule has 0 spiro atoms. The summed E-state index contributed by atoms with van der Waals surface area (Å²) < 4.78 is 17.1. The van der Waals surface area contributed by atoms with Crippen LogP contribution >= 0.6 is 23.1 Å². The van der Waals surface area contributed by atoms with Crippen LogP contribution in [0.4, 0.5) is 0 Å². The molecule has 1 aliphatic rings. The average Bonchev–Trinajstić information content (AvgIpc) is 3.12. The molecule has 0 aliphatic carbocycles. The normalized spacial score (nSPS) is 15.2. The molecule has 1 amide bonds. The topological polar surface area (TPSA) is 86.8 Å². The number of esters is 1. The van der Waals surface area contributed by atoms with E-state index in [1.807, 2.05) is 29.6 Å². The second-order valence-electron chi connectivity index (χ2n) is 5.68. The fraction of sp³-hybridized carbons (Fsp3) is 0.389. The number of benzene rings is 1. The second kappa shape index (κ2) is 9.61. The van der Waals surface area contributed by atoms with E-state index in [1.165, 1.54) is 23.1 Å². The van der Waals surface area contributed by atoms with E-state index < -0.39 is 0 Å². The number of para-hydroxylation sites is 2. The van der Waals surface area contributed by atoms with Crippen molar-refractivity contribution in [2.24, 2.45) is 0 Å². The van der Waals surface area contributed by atoms with Gasteiger partial charge in [-0.05, 0) is 19.1 Å². The summed E-state index contributed by atoms with van der Waals surface area (Å²) >= 11 is 2.75. The lowest BCUT2D eigenvalue weighted by Crippen LogP contribution is -2.41. The zero-order valence-corrected chi connectivity index (χ0v) is 16.4. The van der Waals surface area contributed by atoms with Crippen molar-refractivity contribution < 1.29 is 23.8 Å². The first-order valence-electron chi connectivity index (χ1n) is 8.52. The number of rotatable bonds is 8. The first-order chi connectivity index (χ1) is 13.1. The van der Waals surface area contributed by atoms with Gasteiger partial charge in [0.05, 0.1) is 31.0 Å². The number of aromatic nitrogens is 1. The molecular formula is C18H20N2O5S2. The Hall–Kier alpha value is -2.26. The molecule has 0 bridgehead atoms. The summed E-state index contributed by atoms with van der Waals surface area (Å²) in [5.74, 6) is 1.25. The smallest absolute Gasteiger partial charge is 0.311 e. The Bertz CT molecular complexity index is 796. The highest BCUT2D eigenvalue weighted by Gasteiger charge is 2.21. The minimum Gasteiger partial charge on any atom is -0.486 e. The molecule has 1 aromatic carbocycles. The Morgan fingerprint density at radius 3 is 3.00 bits per heavy atom. The molecule has 0 unspecified atom stereocenters. The average molecular weight is 409 g/mol. The number of thiazole rings is 1. The molecule has 0 fully saturated rings. The third-order valence-electron chi connectivity index (χ3n) is 3.58. The largest absolute Gasteiger partial charge is 0.486 e. The summed E-state index contributed by atoms with van der Waals surface area (Å²) in [6.45, 7) is 2.89. The Labute approximate surface area is 165 Å². The highest BCUT2D eigenvalue weighted by Crippen LogP contribution is 2.30. The van der Waals surface area contributed by atoms with Crippen LogP contribution in [-0.4, -0.2) is 48.5 Å². The van der Waals surface area contributed by atoms with Crippen LogP contribution in [0.1, 0.15) is 12.6 Å². The molecule has 1 N–H and O–H groups in total. The van der Waals surface area contributed by atoms with E-state index in [9.17, 15) is 9.59 Å². The summed E-state index contributed by atoms with van der Waals surface area (Å²) in [6, 6.07) is 7.46. The number of amides is 1. The van der Waals surface area contributed by atoms with Crippen LogP contribution in [0.2, 0.25) is 0 Å². The van der Waals surface area contributed by atoms with E-state index >= 15 is 0 Å². The van der Waals surface area contributed by atoms with E-state index in [0.29, 0.717) is 31.2 Å². The Morgan fingerprint density at radius 1 is 1.37 bits per heavy atom. The SMILES string of the molecule is CCOC(=O)Cc1csc(SCC(=O)NC[C@H]2COc3ccccc3O2)n1. The Balaban J connectivity index is 1.38. The van der Waals surface area contributed by atoms with E-state index in [0.717, 1.165) is 10.1 Å². The maximum atomic E-state index is 12.0. The minimum atomic E-state index is -0.298. The van der Waals surface area contributed by atoms with Crippen LogP contribution in [0.25, 0.3) is 0 Å². The molecule has 27 heavy (non-hydrogen) atoms. The molecule has 0 saturated heterocycles. The Kier molecular flexibility index (Phi) is 6.94. The van der Waals surface area contributed by atoms with Crippen LogP contribution in [0, 0.1) is 0 Å². The van der Waals surface area contributed by atoms with Gasteiger partial charge in [-0.2, -0.15) is 0 Å². The van der Waals surface area contributed by atoms with E-state index in [2.05, 4.69) is 10.3 Å². The summed E-state index contributed by atoms with van der Waals surface area (Å²) in [5, 5.41) is 4.65. The first kappa shape index (κ1) is 19.5. The monoisotopic (exact) mass is 408 g/mol. The fourth-order valence-electron chi connectivity index (χ4n) is 2.37. The van der Waals surface area contributed by atoms with Crippen molar-refractivity contribution >= 4 is 35.0 Å². The summed E-state index contributed by atoms with van der Waals surface area (Å²) in [5.41, 5.74) is 0.660. The van der Waals surface area contributed by atoms with Gasteiger partial charge in [-0.25, -0.2) is 4.98 Å². The molecule has 2 heterocycles. The summed E-state index contributed by atoms with van der Waals surface area (Å²) in [7, 11) is 0. The number of carbonyl (C=O) groups excluding carboxylic acids is 2. The van der Waals surface area contributed by atoms with Gasteiger partial charge in [-0.15, -0.1) is 11.3 Å². The summed E-state index contributed by atoms with van der Waals surface area (Å²) in [6.07, 6.45) is -0.0673. The lowest BCUT2D eigenvalue weighted by molar-refractivity contribution is -0.142. The molecule has 1 aliphatic heterocycles. The fourth-order valence-corrected chi connectivity index (χ4v) is 4.04. The molecule has 1 aromatic heterocycles. The number of nitrogens with one attached hydrogen (secondary N) is 1. The molecular weight excluding hydrogens is 388 g/mol. The van der Waals surface area contributed by atoms with Crippen LogP contribution < -0.4 is 14.8 Å². The first-order valence-corrected chi connectivity index (χ1v) is 10.4. The van der Waals surface area contributed by atoms with Crippen LogP contribution in [-0.2, 0) is 20.7 Å². The van der Waals surface area contributed by atoms with Crippen molar-refractivity contribution in [1.82, 2.24) is 10.3 Å². The zero-order valence-electron chi connectivity index (χ0n) is 14.8. The number of thioether (sulfide) groups is 1. The molecule has 0 saturated carbocycles. The van der Waals surface area contributed by atoms with Gasteiger partial charge in [0.25, 0.3) is 0 Å². The van der Waals surface area contributed by atoms with E-state index in [4.69, 9.17) is 14.2 Å². The van der Waals surface area contributed by atoms with Gasteiger partial charge >= 0.3 is 5.97 Å². The highest BCUT2D eigenvalue weighted by atomic mass is 32.2. The van der Waals surface area contributed by atoms with Crippen molar-refractivity contribution in [3.05, 3.63) is 35.3 Å². The van der Waals surface area contributed by atoms with Crippen LogP contribution in [0.5, 0.6) is 11.5 Å². The van der Waals surface area contributed by atoms with Gasteiger partial charge in [0.15, 0.2) is 15.8 Å². The lowest BCUT2D eigenvalue weighted by Gasteiger charge is -2.26. The van der Waals surface area contributed by atoms with Gasteiger partial charge in [-0.1, -0.05) is 23.9 Å². The standard InChI is InChI=1S/C18H20N2O5S2/c1-2-23-17(22)7-12-10-26-18(20-12)27-11-16(21)19-8-13-9-24-14-5-3-4-6-15(14)25-13/h3-6,10,13H,2,7-9,11H2,1H3,(H,19,21)/t13-/m0/s1. The van der Waals surface area contributed by atoms with Gasteiger partial charge in [-0.3, -0.25) is 9.59 Å². The molecule has 2 aromatic rings. The molecule has 1 atom stereocenters. The molecule has 9 heteroatoms. The predicted octanol–water partition coefficient (Wildman–Crippen LogP) is 2.30. The van der Waals surface area contributed by atoms with Gasteiger partial charge in [0, 0.05) is 5.38 Å². The Morgan fingerprint density at radius 2 is 2.19 bits per heavy atom. The lowest BCUT2D eigenvalue weighted by atomic mass is 10.2. The third kappa shape index (κ3) is 5.86. The number of ether oxygens (including phenoxy) is 3. The van der Waals surface area contributed by atoms with Gasteiger partial charge < -0.3 is 19.5 Å². The molecule has 3 rings (SSSR count). The molecule has 7 nitrogen and oxygen atoms in total.